The van der Waals surface area contributed by atoms with Gasteiger partial charge in [0.05, 0.1) is 5.56 Å². The average molecular weight is 428 g/mol. The quantitative estimate of drug-likeness (QED) is 0.614. The maximum Gasteiger partial charge on any atom is 0.416 e. The molecule has 0 aliphatic heterocycles. The van der Waals surface area contributed by atoms with Crippen LogP contribution in [0, 0.1) is 0 Å². The van der Waals surface area contributed by atoms with E-state index in [9.17, 15) is 18.0 Å². The van der Waals surface area contributed by atoms with Crippen LogP contribution in [0.5, 0.6) is 0 Å². The predicted molar refractivity (Wildman–Crippen MR) is 115 cm³/mol. The zero-order chi connectivity index (χ0) is 22.6. The molecule has 1 heterocycles. The second-order valence-electron chi connectivity index (χ2n) is 7.37. The topological polar surface area (TPSA) is 71.2 Å². The molecule has 0 unspecified atom stereocenters. The van der Waals surface area contributed by atoms with E-state index in [1.165, 1.54) is 12.1 Å². The Kier molecular flexibility index (Phi) is 6.60. The number of nitrogens with one attached hydrogen (secondary N) is 1. The second-order valence-corrected chi connectivity index (χ2v) is 7.37. The first kappa shape index (κ1) is 22.3. The monoisotopic (exact) mass is 428 g/mol. The van der Waals surface area contributed by atoms with Crippen molar-refractivity contribution in [1.82, 2.24) is 15.2 Å². The molecule has 3 N–H and O–H groups in total. The molecule has 2 aromatic carbocycles. The van der Waals surface area contributed by atoms with Crippen LogP contribution in [0.2, 0.25) is 0 Å². The van der Waals surface area contributed by atoms with Crippen LogP contribution in [0.3, 0.4) is 0 Å². The van der Waals surface area contributed by atoms with Gasteiger partial charge in [-0.05, 0) is 55.6 Å². The van der Waals surface area contributed by atoms with E-state index in [1.54, 1.807) is 30.5 Å². The van der Waals surface area contributed by atoms with Crippen LogP contribution < -0.4 is 11.1 Å². The smallest absolute Gasteiger partial charge is 0.383 e. The maximum atomic E-state index is 12.8. The number of carbonyl (C=O) groups excluding carboxylic acids is 1. The molecule has 0 spiro atoms. The maximum absolute atomic E-state index is 12.8. The summed E-state index contributed by atoms with van der Waals surface area (Å²) in [6.45, 7) is 1.25. The van der Waals surface area contributed by atoms with Gasteiger partial charge in [-0.1, -0.05) is 24.3 Å². The third-order valence-electron chi connectivity index (χ3n) is 4.74. The highest BCUT2D eigenvalue weighted by atomic mass is 19.4. The van der Waals surface area contributed by atoms with Crippen LogP contribution in [-0.4, -0.2) is 43.0 Å². The number of halogens is 3. The molecule has 1 aromatic heterocycles. The van der Waals surface area contributed by atoms with E-state index in [4.69, 9.17) is 5.73 Å². The number of nitrogen functional groups attached to an aromatic ring is 1. The molecule has 0 aliphatic carbocycles. The number of nitrogens with two attached hydrogens (primary N) is 1. The standard InChI is InChI=1S/C23H23F3N4O/c1-30(2)11-10-28-22(31)17-5-3-4-16(12-17)18-13-20(21(27)29-14-18)15-6-8-19(9-7-15)23(24,25)26/h3-9,12-14H,10-11H2,1-2H3,(H2,27,29)(H,28,31). The Bertz CT molecular complexity index is 1060. The van der Waals surface area contributed by atoms with E-state index in [2.05, 4.69) is 10.3 Å². The molecule has 3 aromatic rings. The average Bonchev–Trinajstić information content (AvgIpc) is 2.73. The number of likely N-dealkylation sites (N-methyl/N-ethyl adjacent to an activating group) is 1. The Morgan fingerprint density at radius 2 is 1.74 bits per heavy atom. The van der Waals surface area contributed by atoms with Crippen molar-refractivity contribution >= 4 is 11.7 Å². The molecule has 3 rings (SSSR count). The highest BCUT2D eigenvalue weighted by Crippen LogP contribution is 2.33. The van der Waals surface area contributed by atoms with Crippen molar-refractivity contribution in [2.24, 2.45) is 0 Å². The van der Waals surface area contributed by atoms with Crippen molar-refractivity contribution in [2.45, 2.75) is 6.18 Å². The van der Waals surface area contributed by atoms with Gasteiger partial charge in [0.15, 0.2) is 0 Å². The minimum atomic E-state index is -4.41. The highest BCUT2D eigenvalue weighted by molar-refractivity contribution is 5.95. The van der Waals surface area contributed by atoms with Gasteiger partial charge in [-0.15, -0.1) is 0 Å². The number of rotatable bonds is 6. The van der Waals surface area contributed by atoms with E-state index >= 15 is 0 Å². The van der Waals surface area contributed by atoms with Gasteiger partial charge in [-0.3, -0.25) is 4.79 Å². The summed E-state index contributed by atoms with van der Waals surface area (Å²) in [7, 11) is 3.85. The number of nitrogens with zero attached hydrogens (tertiary/aromatic N) is 2. The number of amides is 1. The Hall–Kier alpha value is -3.39. The lowest BCUT2D eigenvalue weighted by Crippen LogP contribution is -2.31. The first-order valence-corrected chi connectivity index (χ1v) is 9.61. The lowest BCUT2D eigenvalue weighted by molar-refractivity contribution is -0.137. The van der Waals surface area contributed by atoms with Crippen molar-refractivity contribution in [3.05, 3.63) is 71.9 Å². The predicted octanol–water partition coefficient (Wildman–Crippen LogP) is 4.31. The van der Waals surface area contributed by atoms with E-state index in [-0.39, 0.29) is 11.7 Å². The summed E-state index contributed by atoms with van der Waals surface area (Å²) in [5, 5.41) is 2.86. The van der Waals surface area contributed by atoms with Crippen LogP contribution in [0.15, 0.2) is 60.8 Å². The van der Waals surface area contributed by atoms with Gasteiger partial charge in [0.1, 0.15) is 5.82 Å². The third-order valence-corrected chi connectivity index (χ3v) is 4.74. The molecule has 31 heavy (non-hydrogen) atoms. The van der Waals surface area contributed by atoms with E-state index in [0.717, 1.165) is 24.2 Å². The summed E-state index contributed by atoms with van der Waals surface area (Å²) in [4.78, 5) is 18.6. The molecule has 5 nitrogen and oxygen atoms in total. The van der Waals surface area contributed by atoms with Crippen LogP contribution in [0.25, 0.3) is 22.3 Å². The summed E-state index contributed by atoms with van der Waals surface area (Å²) in [6, 6.07) is 13.6. The number of benzene rings is 2. The van der Waals surface area contributed by atoms with E-state index in [0.29, 0.717) is 28.8 Å². The van der Waals surface area contributed by atoms with Gasteiger partial charge in [0, 0.05) is 36.0 Å². The van der Waals surface area contributed by atoms with Crippen molar-refractivity contribution in [3.63, 3.8) is 0 Å². The summed E-state index contributed by atoms with van der Waals surface area (Å²) in [6.07, 6.45) is -2.83. The first-order chi connectivity index (χ1) is 14.6. The normalized spacial score (nSPS) is 11.5. The number of aromatic nitrogens is 1. The first-order valence-electron chi connectivity index (χ1n) is 9.61. The van der Waals surface area contributed by atoms with Crippen LogP contribution in [-0.2, 0) is 6.18 Å². The number of hydrogen-bond acceptors (Lipinski definition) is 4. The Morgan fingerprint density at radius 3 is 2.39 bits per heavy atom. The zero-order valence-electron chi connectivity index (χ0n) is 17.2. The summed E-state index contributed by atoms with van der Waals surface area (Å²) >= 11 is 0. The molecule has 0 atom stereocenters. The lowest BCUT2D eigenvalue weighted by atomic mass is 9.99. The van der Waals surface area contributed by atoms with Gasteiger partial charge in [0.25, 0.3) is 5.91 Å². The van der Waals surface area contributed by atoms with Gasteiger partial charge >= 0.3 is 6.18 Å². The molecule has 162 valence electrons. The number of anilines is 1. The van der Waals surface area contributed by atoms with Gasteiger partial charge < -0.3 is 16.0 Å². The lowest BCUT2D eigenvalue weighted by Gasteiger charge is -2.12. The van der Waals surface area contributed by atoms with Crippen molar-refractivity contribution in [1.29, 1.82) is 0 Å². The fourth-order valence-electron chi connectivity index (χ4n) is 3.04. The van der Waals surface area contributed by atoms with Crippen molar-refractivity contribution in [2.75, 3.05) is 32.9 Å². The molecular weight excluding hydrogens is 405 g/mol. The van der Waals surface area contributed by atoms with Crippen molar-refractivity contribution < 1.29 is 18.0 Å². The Labute approximate surface area is 178 Å². The number of hydrogen-bond donors (Lipinski definition) is 2. The number of carbonyl (C=O) groups is 1. The zero-order valence-corrected chi connectivity index (χ0v) is 17.2. The third kappa shape index (κ3) is 5.61. The number of pyridine rings is 1. The Balaban J connectivity index is 1.87. The van der Waals surface area contributed by atoms with Crippen molar-refractivity contribution in [3.8, 4) is 22.3 Å². The second kappa shape index (κ2) is 9.18. The van der Waals surface area contributed by atoms with Gasteiger partial charge in [-0.2, -0.15) is 13.2 Å². The molecule has 8 heteroatoms. The largest absolute Gasteiger partial charge is 0.416 e. The molecule has 0 aliphatic rings. The van der Waals surface area contributed by atoms with E-state index in [1.807, 2.05) is 25.1 Å². The van der Waals surface area contributed by atoms with Crippen LogP contribution in [0.1, 0.15) is 15.9 Å². The molecule has 0 saturated carbocycles. The Morgan fingerprint density at radius 1 is 1.03 bits per heavy atom. The highest BCUT2D eigenvalue weighted by Gasteiger charge is 2.30. The van der Waals surface area contributed by atoms with E-state index < -0.39 is 11.7 Å². The van der Waals surface area contributed by atoms with Gasteiger partial charge in [0.2, 0.25) is 0 Å². The molecule has 0 fully saturated rings. The fraction of sp³-hybridized carbons (Fsp3) is 0.217. The van der Waals surface area contributed by atoms with Gasteiger partial charge in [-0.25, -0.2) is 4.98 Å². The molecule has 0 bridgehead atoms. The summed E-state index contributed by atoms with van der Waals surface area (Å²) in [5.41, 5.74) is 8.25. The minimum absolute atomic E-state index is 0.185. The van der Waals surface area contributed by atoms with Crippen LogP contribution >= 0.6 is 0 Å². The minimum Gasteiger partial charge on any atom is -0.383 e. The summed E-state index contributed by atoms with van der Waals surface area (Å²) in [5.74, 6) is 0.0242. The number of alkyl halides is 3. The van der Waals surface area contributed by atoms with Crippen LogP contribution in [0.4, 0.5) is 19.0 Å². The fourth-order valence-corrected chi connectivity index (χ4v) is 3.04. The molecule has 1 amide bonds. The molecule has 0 saturated heterocycles. The molecule has 0 radical (unpaired) electrons. The summed E-state index contributed by atoms with van der Waals surface area (Å²) < 4.78 is 38.5. The molecular formula is C23H23F3N4O. The SMILES string of the molecule is CN(C)CCNC(=O)c1cccc(-c2cnc(N)c(-c3ccc(C(F)(F)F)cc3)c2)c1.